The van der Waals surface area contributed by atoms with Gasteiger partial charge in [-0.15, -0.1) is 0 Å². The molecule has 2 N–H and O–H groups in total. The first kappa shape index (κ1) is 24.7. The lowest BCUT2D eigenvalue weighted by atomic mass is 9.98. The highest BCUT2D eigenvalue weighted by Gasteiger charge is 2.44. The first-order valence-electron chi connectivity index (χ1n) is 12.1. The molecule has 1 aliphatic carbocycles. The summed E-state index contributed by atoms with van der Waals surface area (Å²) in [4.78, 5) is 34.5. The van der Waals surface area contributed by atoms with Gasteiger partial charge in [-0.05, 0) is 73.2 Å². The number of pyridine rings is 2. The van der Waals surface area contributed by atoms with Crippen LogP contribution in [0.4, 0.5) is 29.5 Å². The van der Waals surface area contributed by atoms with Crippen molar-refractivity contribution < 1.29 is 22.8 Å². The monoisotopic (exact) mass is 509 g/mol. The zero-order chi connectivity index (χ0) is 26.2. The van der Waals surface area contributed by atoms with E-state index in [1.165, 1.54) is 4.90 Å². The topological polar surface area (TPSA) is 87.2 Å². The van der Waals surface area contributed by atoms with Crippen LogP contribution in [0.15, 0.2) is 55.0 Å². The Morgan fingerprint density at radius 3 is 2.49 bits per heavy atom. The van der Waals surface area contributed by atoms with Crippen LogP contribution in [0.5, 0.6) is 0 Å². The Balaban J connectivity index is 1.33. The van der Waals surface area contributed by atoms with Gasteiger partial charge >= 0.3 is 12.2 Å². The lowest BCUT2D eigenvalue weighted by Gasteiger charge is -2.19. The number of nitrogens with zero attached hydrogens (tertiary/aromatic N) is 3. The summed E-state index contributed by atoms with van der Waals surface area (Å²) >= 11 is 0. The van der Waals surface area contributed by atoms with E-state index in [9.17, 15) is 22.8 Å². The minimum Gasteiger partial charge on any atom is -0.324 e. The third-order valence-electron chi connectivity index (χ3n) is 6.77. The summed E-state index contributed by atoms with van der Waals surface area (Å²) in [5, 5.41) is 5.58. The van der Waals surface area contributed by atoms with E-state index in [2.05, 4.69) is 20.6 Å². The molecule has 5 rings (SSSR count). The number of benzene rings is 1. The van der Waals surface area contributed by atoms with Crippen molar-refractivity contribution in [3.05, 3.63) is 60.6 Å². The molecule has 1 aliphatic heterocycles. The van der Waals surface area contributed by atoms with Gasteiger partial charge in [0.2, 0.25) is 5.91 Å². The second kappa shape index (κ2) is 9.84. The van der Waals surface area contributed by atoms with Crippen molar-refractivity contribution in [1.29, 1.82) is 0 Å². The van der Waals surface area contributed by atoms with Crippen molar-refractivity contribution in [2.75, 3.05) is 23.7 Å². The molecule has 0 radical (unpaired) electrons. The van der Waals surface area contributed by atoms with E-state index in [-0.39, 0.29) is 31.3 Å². The Bertz CT molecular complexity index is 1340. The fourth-order valence-electron chi connectivity index (χ4n) is 4.42. The Hall–Kier alpha value is -3.95. The predicted molar refractivity (Wildman–Crippen MR) is 134 cm³/mol. The maximum absolute atomic E-state index is 13.0. The molecule has 3 heterocycles. The van der Waals surface area contributed by atoms with Gasteiger partial charge in [0.1, 0.15) is 5.82 Å². The summed E-state index contributed by atoms with van der Waals surface area (Å²) in [6.07, 6.45) is 2.48. The largest absolute Gasteiger partial charge is 0.393 e. The van der Waals surface area contributed by atoms with E-state index in [1.807, 2.05) is 25.1 Å². The first-order valence-corrected chi connectivity index (χ1v) is 12.1. The van der Waals surface area contributed by atoms with Crippen LogP contribution in [0, 0.1) is 18.8 Å². The fourth-order valence-corrected chi connectivity index (χ4v) is 4.42. The van der Waals surface area contributed by atoms with E-state index < -0.39 is 18.1 Å². The SMILES string of the molecule is Cc1ccc(NC(=O)N2CC[C@@H](C(F)(F)F)C2)cc1-c1cncc(-c2ccnc(NC(=O)C3CC3)c2)c1. The van der Waals surface area contributed by atoms with Crippen molar-refractivity contribution >= 4 is 23.4 Å². The summed E-state index contributed by atoms with van der Waals surface area (Å²) in [7, 11) is 0. The third-order valence-corrected chi connectivity index (χ3v) is 6.77. The Kier molecular flexibility index (Phi) is 6.57. The number of aromatic nitrogens is 2. The number of likely N-dealkylation sites (tertiary alicyclic amines) is 1. The van der Waals surface area contributed by atoms with Gasteiger partial charge in [-0.1, -0.05) is 6.07 Å². The summed E-state index contributed by atoms with van der Waals surface area (Å²) in [5.41, 5.74) is 4.74. The predicted octanol–water partition coefficient (Wildman–Crippen LogP) is 5.88. The van der Waals surface area contributed by atoms with Crippen molar-refractivity contribution in [2.24, 2.45) is 11.8 Å². The molecular weight excluding hydrogens is 483 g/mol. The van der Waals surface area contributed by atoms with Gasteiger partial charge in [0.15, 0.2) is 0 Å². The van der Waals surface area contributed by atoms with Crippen LogP contribution < -0.4 is 10.6 Å². The van der Waals surface area contributed by atoms with Gasteiger partial charge in [0.05, 0.1) is 5.92 Å². The van der Waals surface area contributed by atoms with Gasteiger partial charge in [-0.3, -0.25) is 9.78 Å². The lowest BCUT2D eigenvalue weighted by molar-refractivity contribution is -0.169. The zero-order valence-electron chi connectivity index (χ0n) is 20.2. The molecule has 3 aromatic rings. The average Bonchev–Trinajstić information content (AvgIpc) is 3.60. The van der Waals surface area contributed by atoms with Gasteiger partial charge in [0.25, 0.3) is 0 Å². The fraction of sp³-hybridized carbons (Fsp3) is 0.333. The highest BCUT2D eigenvalue weighted by Crippen LogP contribution is 2.35. The number of carbonyl (C=O) groups is 2. The van der Waals surface area contributed by atoms with Crippen LogP contribution in [0.3, 0.4) is 0 Å². The van der Waals surface area contributed by atoms with E-state index in [4.69, 9.17) is 0 Å². The molecule has 1 saturated heterocycles. The van der Waals surface area contributed by atoms with Crippen LogP contribution in [0.2, 0.25) is 0 Å². The summed E-state index contributed by atoms with van der Waals surface area (Å²) in [5.74, 6) is -0.955. The number of hydrogen-bond donors (Lipinski definition) is 2. The minimum atomic E-state index is -4.30. The van der Waals surface area contributed by atoms with Crippen molar-refractivity contribution in [1.82, 2.24) is 14.9 Å². The van der Waals surface area contributed by atoms with Crippen LogP contribution >= 0.6 is 0 Å². The number of rotatable bonds is 5. The van der Waals surface area contributed by atoms with Gasteiger partial charge in [0, 0.05) is 54.4 Å². The van der Waals surface area contributed by atoms with E-state index in [0.717, 1.165) is 40.7 Å². The molecule has 7 nitrogen and oxygen atoms in total. The Labute approximate surface area is 212 Å². The molecule has 2 aliphatic rings. The summed E-state index contributed by atoms with van der Waals surface area (Å²) in [6.45, 7) is 1.66. The van der Waals surface area contributed by atoms with Crippen LogP contribution in [0.25, 0.3) is 22.3 Å². The molecular formula is C27H26F3N5O2. The standard InChI is InChI=1S/C27H26F3N5O2/c1-16-2-5-22(33-26(37)35-9-7-21(15-35)27(28,29)30)12-23(16)20-10-19(13-31-14-20)18-6-8-32-24(11-18)34-25(36)17-3-4-17/h2,5-6,8,10-14,17,21H,3-4,7,9,15H2,1H3,(H,33,37)(H,32,34,36)/t21-/m1/s1. The average molecular weight is 510 g/mol. The van der Waals surface area contributed by atoms with E-state index >= 15 is 0 Å². The molecule has 0 bridgehead atoms. The summed E-state index contributed by atoms with van der Waals surface area (Å²) in [6, 6.07) is 10.4. The molecule has 3 amide bonds. The van der Waals surface area contributed by atoms with Crippen LogP contribution in [0.1, 0.15) is 24.8 Å². The number of aryl methyl sites for hydroxylation is 1. The molecule has 2 fully saturated rings. The molecule has 1 atom stereocenters. The number of halogens is 3. The molecule has 37 heavy (non-hydrogen) atoms. The third kappa shape index (κ3) is 5.73. The maximum atomic E-state index is 13.0. The lowest BCUT2D eigenvalue weighted by Crippen LogP contribution is -2.35. The van der Waals surface area contributed by atoms with Gasteiger partial charge < -0.3 is 15.5 Å². The molecule has 192 valence electrons. The Morgan fingerprint density at radius 1 is 0.973 bits per heavy atom. The summed E-state index contributed by atoms with van der Waals surface area (Å²) < 4.78 is 39.0. The van der Waals surface area contributed by atoms with Gasteiger partial charge in [-0.2, -0.15) is 13.2 Å². The molecule has 10 heteroatoms. The second-order valence-corrected chi connectivity index (χ2v) is 9.59. The normalized spacial score (nSPS) is 17.5. The molecule has 0 spiro atoms. The van der Waals surface area contributed by atoms with Crippen LogP contribution in [-0.4, -0.2) is 46.1 Å². The Morgan fingerprint density at radius 2 is 1.76 bits per heavy atom. The minimum absolute atomic E-state index is 0.0196. The number of nitrogens with one attached hydrogen (secondary N) is 2. The number of carbonyl (C=O) groups excluding carboxylic acids is 2. The quantitative estimate of drug-likeness (QED) is 0.450. The number of amides is 3. The van der Waals surface area contributed by atoms with Gasteiger partial charge in [-0.25, -0.2) is 9.78 Å². The van der Waals surface area contributed by atoms with E-state index in [0.29, 0.717) is 11.5 Å². The number of anilines is 2. The first-order chi connectivity index (χ1) is 17.7. The number of alkyl halides is 3. The molecule has 0 unspecified atom stereocenters. The molecule has 2 aromatic heterocycles. The zero-order valence-corrected chi connectivity index (χ0v) is 20.2. The highest BCUT2D eigenvalue weighted by atomic mass is 19.4. The molecule has 1 saturated carbocycles. The van der Waals surface area contributed by atoms with Crippen LogP contribution in [-0.2, 0) is 4.79 Å². The number of urea groups is 1. The van der Waals surface area contributed by atoms with Crippen molar-refractivity contribution in [2.45, 2.75) is 32.4 Å². The van der Waals surface area contributed by atoms with Crippen molar-refractivity contribution in [3.8, 4) is 22.3 Å². The van der Waals surface area contributed by atoms with E-state index in [1.54, 1.807) is 36.8 Å². The maximum Gasteiger partial charge on any atom is 0.393 e. The van der Waals surface area contributed by atoms with Crippen molar-refractivity contribution in [3.63, 3.8) is 0 Å². The number of hydrogen-bond acceptors (Lipinski definition) is 4. The second-order valence-electron chi connectivity index (χ2n) is 9.59. The smallest absolute Gasteiger partial charge is 0.324 e. The highest BCUT2D eigenvalue weighted by molar-refractivity contribution is 5.94. The molecule has 1 aromatic carbocycles.